The maximum absolute atomic E-state index is 12.8. The van der Waals surface area contributed by atoms with Crippen LogP contribution in [0.1, 0.15) is 6.42 Å². The second-order valence-electron chi connectivity index (χ2n) is 6.39. The van der Waals surface area contributed by atoms with Gasteiger partial charge in [-0.05, 0) is 36.5 Å². The quantitative estimate of drug-likeness (QED) is 0.599. The van der Waals surface area contributed by atoms with Gasteiger partial charge < -0.3 is 0 Å². The van der Waals surface area contributed by atoms with Crippen LogP contribution in [0.3, 0.4) is 0 Å². The van der Waals surface area contributed by atoms with Crippen LogP contribution in [-0.4, -0.2) is 16.8 Å². The highest BCUT2D eigenvalue weighted by Crippen LogP contribution is 2.53. The van der Waals surface area contributed by atoms with Crippen molar-refractivity contribution in [2.45, 2.75) is 6.42 Å². The fraction of sp³-hybridized carbons (Fsp3) is 0.278. The molecule has 4 atom stereocenters. The number of carbonyl (C=O) groups is 2. The lowest BCUT2D eigenvalue weighted by Gasteiger charge is -2.17. The summed E-state index contributed by atoms with van der Waals surface area (Å²) in [5.74, 6) is 0.109. The molecular formula is C18H14N2O2. The Kier molecular flexibility index (Phi) is 2.22. The van der Waals surface area contributed by atoms with Gasteiger partial charge in [0.25, 0.3) is 0 Å². The van der Waals surface area contributed by atoms with E-state index in [1.807, 2.05) is 30.3 Å². The van der Waals surface area contributed by atoms with Crippen molar-refractivity contribution in [2.24, 2.45) is 23.7 Å². The third-order valence-corrected chi connectivity index (χ3v) is 5.32. The van der Waals surface area contributed by atoms with Crippen molar-refractivity contribution in [3.8, 4) is 0 Å². The highest BCUT2D eigenvalue weighted by Gasteiger charge is 2.59. The normalized spacial score (nSPS) is 32.3. The number of benzene rings is 1. The van der Waals surface area contributed by atoms with E-state index in [0.717, 1.165) is 17.3 Å². The minimum absolute atomic E-state index is 0.0397. The molecule has 2 aromatic rings. The molecule has 1 aromatic carbocycles. The molecule has 1 saturated heterocycles. The van der Waals surface area contributed by atoms with Gasteiger partial charge in [-0.15, -0.1) is 0 Å². The molecule has 0 radical (unpaired) electrons. The van der Waals surface area contributed by atoms with E-state index < -0.39 is 0 Å². The van der Waals surface area contributed by atoms with E-state index in [0.29, 0.717) is 5.69 Å². The van der Waals surface area contributed by atoms with Gasteiger partial charge in [-0.3, -0.25) is 14.6 Å². The standard InChI is InChI=1S/C18H14N2O2/c21-17-15-11-3-4-12(8-11)16(15)18(22)20(17)13-6-5-10-2-1-7-19-14(10)9-13/h1-7,9,11-12,15-16H,8H2/t11-,12+,15-,16+. The van der Waals surface area contributed by atoms with Crippen LogP contribution >= 0.6 is 0 Å². The van der Waals surface area contributed by atoms with Crippen molar-refractivity contribution in [3.05, 3.63) is 48.7 Å². The van der Waals surface area contributed by atoms with Gasteiger partial charge >= 0.3 is 0 Å². The fourth-order valence-corrected chi connectivity index (χ4v) is 4.35. The number of anilines is 1. The topological polar surface area (TPSA) is 50.3 Å². The zero-order chi connectivity index (χ0) is 14.8. The Hall–Kier alpha value is -2.49. The van der Waals surface area contributed by atoms with E-state index >= 15 is 0 Å². The SMILES string of the molecule is O=C1[C@@H]2[C@H](C(=O)N1c1ccc3cccnc3c1)[C@@H]1C=C[C@H]2C1. The van der Waals surface area contributed by atoms with Crippen molar-refractivity contribution < 1.29 is 9.59 Å². The lowest BCUT2D eigenvalue weighted by atomic mass is 9.85. The molecule has 0 spiro atoms. The summed E-state index contributed by atoms with van der Waals surface area (Å²) in [5, 5.41) is 1.01. The zero-order valence-corrected chi connectivity index (χ0v) is 11.8. The van der Waals surface area contributed by atoms with Crippen LogP contribution in [0.4, 0.5) is 5.69 Å². The number of carbonyl (C=O) groups excluding carboxylic acids is 2. The molecule has 1 saturated carbocycles. The summed E-state index contributed by atoms with van der Waals surface area (Å²) in [6.45, 7) is 0. The van der Waals surface area contributed by atoms with Gasteiger partial charge in [0.05, 0.1) is 23.0 Å². The van der Waals surface area contributed by atoms with Crippen LogP contribution in [0, 0.1) is 23.7 Å². The number of rotatable bonds is 1. The largest absolute Gasteiger partial charge is 0.274 e. The Balaban J connectivity index is 1.60. The van der Waals surface area contributed by atoms with Crippen LogP contribution in [0.2, 0.25) is 0 Å². The molecule has 2 fully saturated rings. The summed E-state index contributed by atoms with van der Waals surface area (Å²) in [6.07, 6.45) is 6.91. The van der Waals surface area contributed by atoms with Gasteiger partial charge in [-0.1, -0.05) is 24.3 Å². The number of fused-ring (bicyclic) bond motifs is 6. The van der Waals surface area contributed by atoms with Crippen molar-refractivity contribution in [1.82, 2.24) is 4.98 Å². The monoisotopic (exact) mass is 290 g/mol. The van der Waals surface area contributed by atoms with Gasteiger partial charge in [0.1, 0.15) is 0 Å². The van der Waals surface area contributed by atoms with Crippen LogP contribution in [-0.2, 0) is 9.59 Å². The van der Waals surface area contributed by atoms with Gasteiger partial charge in [0, 0.05) is 11.6 Å². The van der Waals surface area contributed by atoms with Crippen molar-refractivity contribution in [1.29, 1.82) is 0 Å². The van der Waals surface area contributed by atoms with Gasteiger partial charge in [0.15, 0.2) is 0 Å². The third kappa shape index (κ3) is 1.39. The molecule has 2 bridgehead atoms. The molecule has 1 aromatic heterocycles. The summed E-state index contributed by atoms with van der Waals surface area (Å²) in [4.78, 5) is 31.2. The smallest absolute Gasteiger partial charge is 0.238 e. The first-order valence-electron chi connectivity index (χ1n) is 7.65. The minimum atomic E-state index is -0.151. The van der Waals surface area contributed by atoms with Crippen molar-refractivity contribution in [3.63, 3.8) is 0 Å². The van der Waals surface area contributed by atoms with E-state index in [1.165, 1.54) is 4.90 Å². The van der Waals surface area contributed by atoms with E-state index in [-0.39, 0.29) is 35.5 Å². The Morgan fingerprint density at radius 3 is 2.45 bits per heavy atom. The lowest BCUT2D eigenvalue weighted by molar-refractivity contribution is -0.123. The number of hydrogen-bond acceptors (Lipinski definition) is 3. The molecule has 2 amide bonds. The average Bonchev–Trinajstić information content (AvgIpc) is 3.21. The molecule has 3 aliphatic rings. The molecule has 0 N–H and O–H groups in total. The number of pyridine rings is 1. The molecule has 0 unspecified atom stereocenters. The summed E-state index contributed by atoms with van der Waals surface area (Å²) in [5.41, 5.74) is 1.45. The van der Waals surface area contributed by atoms with Crippen LogP contribution in [0.15, 0.2) is 48.7 Å². The Morgan fingerprint density at radius 1 is 1.00 bits per heavy atom. The third-order valence-electron chi connectivity index (χ3n) is 5.32. The first-order valence-corrected chi connectivity index (χ1v) is 7.65. The predicted octanol–water partition coefficient (Wildman–Crippen LogP) is 2.55. The molecule has 5 rings (SSSR count). The maximum Gasteiger partial charge on any atom is 0.238 e. The van der Waals surface area contributed by atoms with E-state index in [4.69, 9.17) is 0 Å². The van der Waals surface area contributed by atoms with Crippen molar-refractivity contribution in [2.75, 3.05) is 4.90 Å². The number of allylic oxidation sites excluding steroid dienone is 2. The second-order valence-corrected chi connectivity index (χ2v) is 6.39. The molecule has 4 nitrogen and oxygen atoms in total. The van der Waals surface area contributed by atoms with Crippen LogP contribution in [0.25, 0.3) is 10.9 Å². The molecular weight excluding hydrogens is 276 g/mol. The Labute approximate surface area is 127 Å². The van der Waals surface area contributed by atoms with E-state index in [1.54, 1.807) is 6.20 Å². The number of imide groups is 1. The summed E-state index contributed by atoms with van der Waals surface area (Å²) in [6, 6.07) is 9.44. The van der Waals surface area contributed by atoms with Gasteiger partial charge in [0.2, 0.25) is 11.8 Å². The van der Waals surface area contributed by atoms with E-state index in [2.05, 4.69) is 17.1 Å². The Morgan fingerprint density at radius 2 is 1.73 bits per heavy atom. The summed E-state index contributed by atoms with van der Waals surface area (Å²) >= 11 is 0. The molecule has 4 heteroatoms. The number of amides is 2. The Bertz CT molecular complexity index is 827. The van der Waals surface area contributed by atoms with Crippen LogP contribution < -0.4 is 4.90 Å². The number of aromatic nitrogens is 1. The average molecular weight is 290 g/mol. The molecule has 2 heterocycles. The maximum atomic E-state index is 12.8. The first-order chi connectivity index (χ1) is 10.7. The highest BCUT2D eigenvalue weighted by molar-refractivity contribution is 6.23. The molecule has 1 aliphatic heterocycles. The second kappa shape index (κ2) is 4.03. The number of hydrogen-bond donors (Lipinski definition) is 0. The van der Waals surface area contributed by atoms with Crippen LogP contribution in [0.5, 0.6) is 0 Å². The molecule has 2 aliphatic carbocycles. The summed E-state index contributed by atoms with van der Waals surface area (Å²) < 4.78 is 0. The predicted molar refractivity (Wildman–Crippen MR) is 82.0 cm³/mol. The fourth-order valence-electron chi connectivity index (χ4n) is 4.35. The summed E-state index contributed by atoms with van der Waals surface area (Å²) in [7, 11) is 0. The van der Waals surface area contributed by atoms with Gasteiger partial charge in [-0.25, -0.2) is 4.90 Å². The lowest BCUT2D eigenvalue weighted by Crippen LogP contribution is -2.32. The zero-order valence-electron chi connectivity index (χ0n) is 11.8. The van der Waals surface area contributed by atoms with Crippen molar-refractivity contribution >= 4 is 28.4 Å². The molecule has 108 valence electrons. The molecule has 22 heavy (non-hydrogen) atoms. The van der Waals surface area contributed by atoms with E-state index in [9.17, 15) is 9.59 Å². The number of nitrogens with zero attached hydrogens (tertiary/aromatic N) is 2. The first kappa shape index (κ1) is 12.1. The minimum Gasteiger partial charge on any atom is -0.274 e. The highest BCUT2D eigenvalue weighted by atomic mass is 16.2. The van der Waals surface area contributed by atoms with Gasteiger partial charge in [-0.2, -0.15) is 0 Å².